The van der Waals surface area contributed by atoms with Crippen LogP contribution in [0, 0.1) is 23.2 Å². The first-order chi connectivity index (χ1) is 10.7. The van der Waals surface area contributed by atoms with E-state index >= 15 is 0 Å². The second kappa shape index (κ2) is 3.58. The summed E-state index contributed by atoms with van der Waals surface area (Å²) in [6, 6.07) is 6.69. The highest BCUT2D eigenvalue weighted by Crippen LogP contribution is 2.71. The molecule has 1 aromatic rings. The summed E-state index contributed by atoms with van der Waals surface area (Å²) in [6.07, 6.45) is 7.43. The molecule has 5 aliphatic carbocycles. The van der Waals surface area contributed by atoms with Crippen molar-refractivity contribution in [3.05, 3.63) is 46.0 Å². The standard InChI is InChI=1S/C21H22O/c1-11-9-16-19-13-7-8-21(16,10-13)15-6-5-12-3-2-4-14(17(11)19)18(12)20(15)22/h2-4,11,13,15,17H,5-10H2,1H3. The summed E-state index contributed by atoms with van der Waals surface area (Å²) in [6.45, 7) is 2.43. The Labute approximate surface area is 131 Å². The molecule has 0 radical (unpaired) electrons. The van der Waals surface area contributed by atoms with Gasteiger partial charge in [-0.05, 0) is 61.5 Å². The number of carbonyl (C=O) groups excluding carboxylic acids is 1. The van der Waals surface area contributed by atoms with E-state index in [0.717, 1.165) is 24.3 Å². The third-order valence-corrected chi connectivity index (χ3v) is 7.82. The van der Waals surface area contributed by atoms with Crippen LogP contribution in [-0.4, -0.2) is 5.78 Å². The first kappa shape index (κ1) is 12.1. The van der Waals surface area contributed by atoms with Crippen LogP contribution in [0.4, 0.5) is 0 Å². The van der Waals surface area contributed by atoms with Crippen molar-refractivity contribution < 1.29 is 4.79 Å². The molecule has 1 spiro atoms. The van der Waals surface area contributed by atoms with Gasteiger partial charge in [-0.25, -0.2) is 0 Å². The molecule has 0 amide bonds. The topological polar surface area (TPSA) is 17.1 Å². The SMILES string of the molecule is CC1CC2=C3C4CCC2(C4)C2CCc4cccc(c4C2=O)C31. The second-order valence-corrected chi connectivity index (χ2v) is 8.53. The van der Waals surface area contributed by atoms with Gasteiger partial charge in [-0.15, -0.1) is 0 Å². The van der Waals surface area contributed by atoms with Crippen molar-refractivity contribution in [3.63, 3.8) is 0 Å². The minimum absolute atomic E-state index is 0.283. The van der Waals surface area contributed by atoms with Gasteiger partial charge in [0.05, 0.1) is 0 Å². The summed E-state index contributed by atoms with van der Waals surface area (Å²) in [5.41, 5.74) is 7.74. The molecular formula is C21H22O. The quantitative estimate of drug-likeness (QED) is 0.635. The zero-order valence-electron chi connectivity index (χ0n) is 13.2. The number of aryl methyl sites for hydroxylation is 1. The van der Waals surface area contributed by atoms with Gasteiger partial charge in [-0.3, -0.25) is 4.79 Å². The average molecular weight is 290 g/mol. The fourth-order valence-corrected chi connectivity index (χ4v) is 7.18. The molecule has 6 rings (SSSR count). The second-order valence-electron chi connectivity index (χ2n) is 8.53. The van der Waals surface area contributed by atoms with Gasteiger partial charge in [-0.1, -0.05) is 36.3 Å². The summed E-state index contributed by atoms with van der Waals surface area (Å²) < 4.78 is 0. The highest BCUT2D eigenvalue weighted by Gasteiger charge is 2.62. The predicted molar refractivity (Wildman–Crippen MR) is 85.9 cm³/mol. The third kappa shape index (κ3) is 1.10. The maximum atomic E-state index is 13.4. The predicted octanol–water partition coefficient (Wildman–Crippen LogP) is 4.67. The number of hydrogen-bond acceptors (Lipinski definition) is 1. The van der Waals surface area contributed by atoms with Crippen LogP contribution in [0.1, 0.15) is 66.4 Å². The van der Waals surface area contributed by atoms with Crippen LogP contribution in [0.3, 0.4) is 0 Å². The number of allylic oxidation sites excluding steroid dienone is 2. The monoisotopic (exact) mass is 290 g/mol. The molecule has 22 heavy (non-hydrogen) atoms. The van der Waals surface area contributed by atoms with E-state index < -0.39 is 0 Å². The molecule has 5 aliphatic rings. The van der Waals surface area contributed by atoms with Crippen LogP contribution >= 0.6 is 0 Å². The third-order valence-electron chi connectivity index (χ3n) is 7.82. The van der Waals surface area contributed by atoms with E-state index in [-0.39, 0.29) is 5.41 Å². The van der Waals surface area contributed by atoms with E-state index in [4.69, 9.17) is 0 Å². The van der Waals surface area contributed by atoms with Gasteiger partial charge in [0.25, 0.3) is 0 Å². The lowest BCUT2D eigenvalue weighted by molar-refractivity contribution is 0.0769. The van der Waals surface area contributed by atoms with Crippen LogP contribution in [-0.2, 0) is 6.42 Å². The summed E-state index contributed by atoms with van der Waals surface area (Å²) in [7, 11) is 0. The van der Waals surface area contributed by atoms with Gasteiger partial charge in [0.2, 0.25) is 0 Å². The summed E-state index contributed by atoms with van der Waals surface area (Å²) in [5, 5.41) is 0. The highest BCUT2D eigenvalue weighted by atomic mass is 16.1. The summed E-state index contributed by atoms with van der Waals surface area (Å²) in [5.74, 6) is 2.86. The molecule has 112 valence electrons. The van der Waals surface area contributed by atoms with Crippen molar-refractivity contribution in [1.82, 2.24) is 0 Å². The number of Topliss-reactive ketones (excluding diaryl/α,β-unsaturated/α-hetero) is 1. The van der Waals surface area contributed by atoms with E-state index in [0.29, 0.717) is 23.5 Å². The lowest BCUT2D eigenvalue weighted by atomic mass is 9.61. The van der Waals surface area contributed by atoms with E-state index in [1.807, 2.05) is 0 Å². The Hall–Kier alpha value is -1.37. The molecule has 0 heterocycles. The van der Waals surface area contributed by atoms with Crippen LogP contribution in [0.25, 0.3) is 0 Å². The fraction of sp³-hybridized carbons (Fsp3) is 0.571. The molecule has 5 atom stereocenters. The Bertz CT molecular complexity index is 770. The fourth-order valence-electron chi connectivity index (χ4n) is 7.18. The number of carbonyl (C=O) groups is 1. The van der Waals surface area contributed by atoms with E-state index in [1.54, 1.807) is 11.1 Å². The summed E-state index contributed by atoms with van der Waals surface area (Å²) in [4.78, 5) is 13.4. The van der Waals surface area contributed by atoms with Crippen LogP contribution in [0.15, 0.2) is 29.3 Å². The first-order valence-corrected chi connectivity index (χ1v) is 9.10. The largest absolute Gasteiger partial charge is 0.294 e. The Morgan fingerprint density at radius 1 is 1.23 bits per heavy atom. The molecule has 7 bridgehead atoms. The molecule has 0 aliphatic heterocycles. The van der Waals surface area contributed by atoms with Gasteiger partial charge in [0, 0.05) is 22.8 Å². The van der Waals surface area contributed by atoms with Crippen LogP contribution in [0.2, 0.25) is 0 Å². The minimum Gasteiger partial charge on any atom is -0.294 e. The lowest BCUT2D eigenvalue weighted by Crippen LogP contribution is -2.38. The first-order valence-electron chi connectivity index (χ1n) is 9.10. The molecule has 5 unspecified atom stereocenters. The maximum Gasteiger partial charge on any atom is 0.167 e. The Kier molecular flexibility index (Phi) is 1.97. The van der Waals surface area contributed by atoms with Gasteiger partial charge >= 0.3 is 0 Å². The molecule has 0 N–H and O–H groups in total. The molecule has 0 aromatic heterocycles. The zero-order chi connectivity index (χ0) is 14.6. The number of fused-ring (bicyclic) bond motifs is 3. The number of ketones is 1. The van der Waals surface area contributed by atoms with Crippen molar-refractivity contribution in [1.29, 1.82) is 0 Å². The van der Waals surface area contributed by atoms with Gasteiger partial charge in [0.1, 0.15) is 0 Å². The van der Waals surface area contributed by atoms with Crippen molar-refractivity contribution >= 4 is 5.78 Å². The molecule has 1 nitrogen and oxygen atoms in total. The van der Waals surface area contributed by atoms with Crippen LogP contribution < -0.4 is 0 Å². The number of rotatable bonds is 0. The smallest absolute Gasteiger partial charge is 0.167 e. The average Bonchev–Trinajstić information content (AvgIpc) is 3.16. The van der Waals surface area contributed by atoms with E-state index in [9.17, 15) is 4.79 Å². The summed E-state index contributed by atoms with van der Waals surface area (Å²) >= 11 is 0. The van der Waals surface area contributed by atoms with E-state index in [1.165, 1.54) is 36.8 Å². The molecule has 1 aromatic carbocycles. The molecule has 1 heteroatoms. The molecular weight excluding hydrogens is 268 g/mol. The lowest BCUT2D eigenvalue weighted by Gasteiger charge is -2.41. The molecule has 1 fully saturated rings. The molecule has 1 saturated carbocycles. The Morgan fingerprint density at radius 2 is 2.14 bits per heavy atom. The van der Waals surface area contributed by atoms with E-state index in [2.05, 4.69) is 25.1 Å². The van der Waals surface area contributed by atoms with Crippen molar-refractivity contribution in [2.75, 3.05) is 0 Å². The van der Waals surface area contributed by atoms with Crippen molar-refractivity contribution in [2.24, 2.45) is 23.2 Å². The normalized spacial score (nSPS) is 43.6. The van der Waals surface area contributed by atoms with Gasteiger partial charge < -0.3 is 0 Å². The van der Waals surface area contributed by atoms with Gasteiger partial charge in [-0.2, -0.15) is 0 Å². The highest BCUT2D eigenvalue weighted by molar-refractivity contribution is 6.03. The maximum absolute atomic E-state index is 13.4. The van der Waals surface area contributed by atoms with Crippen molar-refractivity contribution in [3.8, 4) is 0 Å². The van der Waals surface area contributed by atoms with Crippen LogP contribution in [0.5, 0.6) is 0 Å². The number of hydrogen-bond donors (Lipinski definition) is 0. The Balaban J connectivity index is 1.74. The number of benzene rings is 1. The minimum atomic E-state index is 0.283. The van der Waals surface area contributed by atoms with Crippen molar-refractivity contribution in [2.45, 2.75) is 51.4 Å². The van der Waals surface area contributed by atoms with Gasteiger partial charge in [0.15, 0.2) is 5.78 Å². The molecule has 0 saturated heterocycles. The Morgan fingerprint density at radius 3 is 3.05 bits per heavy atom. The zero-order valence-corrected chi connectivity index (χ0v) is 13.2.